The fraction of sp³-hybridized carbons (Fsp3) is 0.458. The van der Waals surface area contributed by atoms with Gasteiger partial charge in [-0.2, -0.15) is 0 Å². The molecule has 0 saturated heterocycles. The standard InChI is InChI=1S/C24H28N2O4S/c1-15-10-11-17-19(13-15)31-23-22(17)24(28)26(12-6-9-21(27)30-3)20(25-23)14-16-7-4-5-8-18(16)29-2/h4-5,7-8,15H,6,9-14H2,1-3H3. The largest absolute Gasteiger partial charge is 0.496 e. The molecule has 1 aromatic carbocycles. The van der Waals surface area contributed by atoms with E-state index in [-0.39, 0.29) is 17.9 Å². The van der Waals surface area contributed by atoms with E-state index in [2.05, 4.69) is 6.92 Å². The summed E-state index contributed by atoms with van der Waals surface area (Å²) in [5.41, 5.74) is 2.17. The van der Waals surface area contributed by atoms with Crippen molar-refractivity contribution in [2.45, 2.75) is 52.0 Å². The molecule has 0 bridgehead atoms. The van der Waals surface area contributed by atoms with E-state index in [1.165, 1.54) is 17.6 Å². The molecule has 0 aliphatic heterocycles. The summed E-state index contributed by atoms with van der Waals surface area (Å²) in [6.45, 7) is 2.70. The van der Waals surface area contributed by atoms with E-state index in [4.69, 9.17) is 14.5 Å². The van der Waals surface area contributed by atoms with Crippen LogP contribution in [0, 0.1) is 5.92 Å². The Morgan fingerprint density at radius 2 is 2.10 bits per heavy atom. The Balaban J connectivity index is 1.79. The highest BCUT2D eigenvalue weighted by Crippen LogP contribution is 2.36. The topological polar surface area (TPSA) is 70.4 Å². The summed E-state index contributed by atoms with van der Waals surface area (Å²) < 4.78 is 12.0. The molecule has 2 heterocycles. The van der Waals surface area contributed by atoms with Crippen LogP contribution in [0.1, 0.15) is 48.0 Å². The molecule has 0 spiro atoms. The molecule has 1 aliphatic carbocycles. The molecule has 3 aromatic rings. The Morgan fingerprint density at radius 1 is 1.29 bits per heavy atom. The summed E-state index contributed by atoms with van der Waals surface area (Å²) in [5.74, 6) is 1.85. The maximum absolute atomic E-state index is 13.6. The number of carbonyl (C=O) groups is 1. The third-order valence-electron chi connectivity index (χ3n) is 6.03. The van der Waals surface area contributed by atoms with Gasteiger partial charge in [0.05, 0.1) is 19.6 Å². The minimum absolute atomic E-state index is 0.00631. The van der Waals surface area contributed by atoms with Crippen LogP contribution in [0.2, 0.25) is 0 Å². The lowest BCUT2D eigenvalue weighted by molar-refractivity contribution is -0.140. The van der Waals surface area contributed by atoms with Gasteiger partial charge in [-0.3, -0.25) is 14.2 Å². The van der Waals surface area contributed by atoms with Crippen molar-refractivity contribution in [1.82, 2.24) is 9.55 Å². The lowest BCUT2D eigenvalue weighted by atomic mass is 9.89. The summed E-state index contributed by atoms with van der Waals surface area (Å²) in [6.07, 6.45) is 4.34. The lowest BCUT2D eigenvalue weighted by Gasteiger charge is -2.18. The van der Waals surface area contributed by atoms with Crippen LogP contribution < -0.4 is 10.3 Å². The second kappa shape index (κ2) is 9.22. The molecule has 31 heavy (non-hydrogen) atoms. The predicted octanol–water partition coefficient (Wildman–Crippen LogP) is 4.14. The first-order chi connectivity index (χ1) is 15.0. The SMILES string of the molecule is COC(=O)CCCn1c(Cc2ccccc2OC)nc2sc3c(c2c1=O)CCC(C)C3. The molecule has 0 saturated carbocycles. The van der Waals surface area contributed by atoms with Gasteiger partial charge in [-0.25, -0.2) is 4.98 Å². The summed E-state index contributed by atoms with van der Waals surface area (Å²) >= 11 is 1.66. The first-order valence-corrected chi connectivity index (χ1v) is 11.6. The molecule has 164 valence electrons. The first-order valence-electron chi connectivity index (χ1n) is 10.7. The predicted molar refractivity (Wildman–Crippen MR) is 122 cm³/mol. The van der Waals surface area contributed by atoms with E-state index in [1.54, 1.807) is 23.0 Å². The molecular formula is C24H28N2O4S. The van der Waals surface area contributed by atoms with Crippen molar-refractivity contribution in [2.24, 2.45) is 5.92 Å². The Labute approximate surface area is 185 Å². The van der Waals surface area contributed by atoms with Gasteiger partial charge >= 0.3 is 5.97 Å². The van der Waals surface area contributed by atoms with E-state index in [9.17, 15) is 9.59 Å². The summed E-state index contributed by atoms with van der Waals surface area (Å²) in [6, 6.07) is 7.80. The third kappa shape index (κ3) is 4.37. The van der Waals surface area contributed by atoms with Crippen LogP contribution >= 0.6 is 11.3 Å². The van der Waals surface area contributed by atoms with E-state index < -0.39 is 0 Å². The average molecular weight is 441 g/mol. The van der Waals surface area contributed by atoms with Crippen molar-refractivity contribution in [1.29, 1.82) is 0 Å². The number of benzene rings is 1. The van der Waals surface area contributed by atoms with Crippen molar-refractivity contribution < 1.29 is 14.3 Å². The minimum atomic E-state index is -0.268. The van der Waals surface area contributed by atoms with Gasteiger partial charge in [0.1, 0.15) is 16.4 Å². The number of para-hydroxylation sites is 1. The van der Waals surface area contributed by atoms with E-state index >= 15 is 0 Å². The molecule has 2 aromatic heterocycles. The number of hydrogen-bond acceptors (Lipinski definition) is 6. The number of carbonyl (C=O) groups excluding carboxylic acids is 1. The highest BCUT2D eigenvalue weighted by atomic mass is 32.1. The fourth-order valence-corrected chi connectivity index (χ4v) is 5.73. The molecule has 7 heteroatoms. The minimum Gasteiger partial charge on any atom is -0.496 e. The van der Waals surface area contributed by atoms with Crippen molar-refractivity contribution in [2.75, 3.05) is 14.2 Å². The number of hydrogen-bond donors (Lipinski definition) is 0. The molecule has 0 amide bonds. The zero-order valence-electron chi connectivity index (χ0n) is 18.3. The smallest absolute Gasteiger partial charge is 0.305 e. The Bertz CT molecular complexity index is 1160. The average Bonchev–Trinajstić information content (AvgIpc) is 3.13. The number of rotatable bonds is 7. The first kappa shape index (κ1) is 21.6. The molecule has 6 nitrogen and oxygen atoms in total. The van der Waals surface area contributed by atoms with Crippen LogP contribution in [-0.2, 0) is 35.3 Å². The van der Waals surface area contributed by atoms with Crippen LogP contribution in [0.25, 0.3) is 10.2 Å². The van der Waals surface area contributed by atoms with Crippen LogP contribution in [0.3, 0.4) is 0 Å². The second-order valence-corrected chi connectivity index (χ2v) is 9.27. The number of aryl methyl sites for hydroxylation is 1. The van der Waals surface area contributed by atoms with Crippen LogP contribution in [-0.4, -0.2) is 29.7 Å². The molecule has 1 atom stereocenters. The van der Waals surface area contributed by atoms with Crippen LogP contribution in [0.5, 0.6) is 5.75 Å². The van der Waals surface area contributed by atoms with Gasteiger partial charge in [0, 0.05) is 29.8 Å². The van der Waals surface area contributed by atoms with Gasteiger partial charge in [-0.15, -0.1) is 11.3 Å². The van der Waals surface area contributed by atoms with Crippen molar-refractivity contribution in [3.05, 3.63) is 56.4 Å². The fourth-order valence-electron chi connectivity index (χ4n) is 4.33. The Morgan fingerprint density at radius 3 is 2.87 bits per heavy atom. The highest BCUT2D eigenvalue weighted by molar-refractivity contribution is 7.18. The summed E-state index contributed by atoms with van der Waals surface area (Å²) in [4.78, 5) is 32.3. The molecule has 1 aliphatic rings. The molecule has 4 rings (SSSR count). The number of methoxy groups -OCH3 is 2. The number of aromatic nitrogens is 2. The number of esters is 1. The maximum atomic E-state index is 13.6. The molecule has 0 fully saturated rings. The number of thiophene rings is 1. The van der Waals surface area contributed by atoms with Crippen molar-refractivity contribution in [3.8, 4) is 5.75 Å². The maximum Gasteiger partial charge on any atom is 0.305 e. The van der Waals surface area contributed by atoms with Gasteiger partial charge in [0.25, 0.3) is 5.56 Å². The summed E-state index contributed by atoms with van der Waals surface area (Å²) in [5, 5.41) is 0.772. The van der Waals surface area contributed by atoms with Crippen LogP contribution in [0.15, 0.2) is 29.1 Å². The van der Waals surface area contributed by atoms with Gasteiger partial charge in [0.2, 0.25) is 0 Å². The normalized spacial score (nSPS) is 15.6. The molecule has 0 radical (unpaired) electrons. The molecule has 0 N–H and O–H groups in total. The summed E-state index contributed by atoms with van der Waals surface area (Å²) in [7, 11) is 3.03. The van der Waals surface area contributed by atoms with E-state index in [0.717, 1.165) is 40.8 Å². The third-order valence-corrected chi connectivity index (χ3v) is 7.17. The van der Waals surface area contributed by atoms with Crippen molar-refractivity contribution in [3.63, 3.8) is 0 Å². The van der Waals surface area contributed by atoms with Gasteiger partial charge < -0.3 is 9.47 Å². The number of ether oxygens (including phenoxy) is 2. The Hall–Kier alpha value is -2.67. The zero-order valence-corrected chi connectivity index (χ0v) is 19.1. The Kier molecular flexibility index (Phi) is 6.41. The van der Waals surface area contributed by atoms with E-state index in [0.29, 0.717) is 31.1 Å². The van der Waals surface area contributed by atoms with Gasteiger partial charge in [0.15, 0.2) is 0 Å². The monoisotopic (exact) mass is 440 g/mol. The highest BCUT2D eigenvalue weighted by Gasteiger charge is 2.25. The van der Waals surface area contributed by atoms with Crippen LogP contribution in [0.4, 0.5) is 0 Å². The van der Waals surface area contributed by atoms with Crippen molar-refractivity contribution >= 4 is 27.5 Å². The van der Waals surface area contributed by atoms with Gasteiger partial charge in [-0.05, 0) is 43.2 Å². The molecule has 1 unspecified atom stereocenters. The zero-order chi connectivity index (χ0) is 22.0. The number of fused-ring (bicyclic) bond motifs is 3. The van der Waals surface area contributed by atoms with E-state index in [1.807, 2.05) is 24.3 Å². The quantitative estimate of drug-likeness (QED) is 0.517. The molecular weight excluding hydrogens is 412 g/mol. The van der Waals surface area contributed by atoms with Gasteiger partial charge in [-0.1, -0.05) is 25.1 Å². The lowest BCUT2D eigenvalue weighted by Crippen LogP contribution is -2.26. The second-order valence-electron chi connectivity index (χ2n) is 8.19. The number of nitrogens with zero attached hydrogens (tertiary/aromatic N) is 2.